The maximum Gasteiger partial charge on any atom is 0.337 e. The number of aromatic nitrogens is 2. The fourth-order valence-electron chi connectivity index (χ4n) is 4.02. The Balaban J connectivity index is 1.58. The zero-order chi connectivity index (χ0) is 23.4. The Kier molecular flexibility index (Phi) is 7.35. The minimum atomic E-state index is -0.460. The number of carbonyl (C=O) groups excluding carboxylic acids is 1. The van der Waals surface area contributed by atoms with Gasteiger partial charge in [-0.2, -0.15) is 0 Å². The molecule has 1 aliphatic heterocycles. The predicted octanol–water partition coefficient (Wildman–Crippen LogP) is 4.15. The Morgan fingerprint density at radius 1 is 1.21 bits per heavy atom. The van der Waals surface area contributed by atoms with Crippen molar-refractivity contribution in [3.05, 3.63) is 63.4 Å². The second kappa shape index (κ2) is 10.4. The fraction of sp³-hybridized carbons (Fsp3) is 0.400. The van der Waals surface area contributed by atoms with Crippen molar-refractivity contribution in [3.63, 3.8) is 0 Å². The summed E-state index contributed by atoms with van der Waals surface area (Å²) in [6, 6.07) is 11.0. The van der Waals surface area contributed by atoms with E-state index in [1.54, 1.807) is 22.8 Å². The molecule has 0 amide bonds. The summed E-state index contributed by atoms with van der Waals surface area (Å²) in [4.78, 5) is 30.0. The summed E-state index contributed by atoms with van der Waals surface area (Å²) in [6.07, 6.45) is 1.92. The van der Waals surface area contributed by atoms with E-state index in [0.717, 1.165) is 36.3 Å². The van der Waals surface area contributed by atoms with Gasteiger partial charge in [-0.15, -0.1) is 0 Å². The van der Waals surface area contributed by atoms with Crippen LogP contribution >= 0.6 is 11.8 Å². The van der Waals surface area contributed by atoms with Gasteiger partial charge < -0.3 is 14.2 Å². The average molecular weight is 469 g/mol. The first-order valence-electron chi connectivity index (χ1n) is 11.0. The number of fused-ring (bicyclic) bond motifs is 1. The van der Waals surface area contributed by atoms with E-state index in [9.17, 15) is 9.59 Å². The summed E-state index contributed by atoms with van der Waals surface area (Å²) in [5.41, 5.74) is 3.01. The van der Waals surface area contributed by atoms with Gasteiger partial charge in [0, 0.05) is 12.4 Å². The van der Waals surface area contributed by atoms with Gasteiger partial charge in [-0.1, -0.05) is 17.8 Å². The number of methoxy groups -OCH3 is 1. The molecule has 1 atom stereocenters. The lowest BCUT2D eigenvalue weighted by molar-refractivity contribution is 0.0601. The molecule has 8 heteroatoms. The number of benzene rings is 2. The highest BCUT2D eigenvalue weighted by molar-refractivity contribution is 7.99. The van der Waals surface area contributed by atoms with Crippen molar-refractivity contribution in [2.24, 2.45) is 0 Å². The van der Waals surface area contributed by atoms with E-state index in [4.69, 9.17) is 19.2 Å². The van der Waals surface area contributed by atoms with Crippen LogP contribution in [0.5, 0.6) is 5.75 Å². The smallest absolute Gasteiger partial charge is 0.337 e. The summed E-state index contributed by atoms with van der Waals surface area (Å²) in [5.74, 6) is 0.991. The van der Waals surface area contributed by atoms with Gasteiger partial charge in [0.15, 0.2) is 5.16 Å². The molecule has 1 saturated heterocycles. The van der Waals surface area contributed by atoms with E-state index in [-0.39, 0.29) is 11.7 Å². The number of carbonyl (C=O) groups is 1. The molecule has 1 aliphatic rings. The van der Waals surface area contributed by atoms with Gasteiger partial charge in [0.1, 0.15) is 5.75 Å². The lowest BCUT2D eigenvalue weighted by Crippen LogP contribution is -2.29. The van der Waals surface area contributed by atoms with Crippen LogP contribution in [0.15, 0.2) is 46.3 Å². The van der Waals surface area contributed by atoms with Crippen LogP contribution in [0.4, 0.5) is 0 Å². The second-order valence-electron chi connectivity index (χ2n) is 8.19. The minimum absolute atomic E-state index is 0.00200. The Morgan fingerprint density at radius 3 is 2.70 bits per heavy atom. The first kappa shape index (κ1) is 23.3. The molecule has 0 saturated carbocycles. The number of esters is 1. The van der Waals surface area contributed by atoms with E-state index in [0.29, 0.717) is 40.5 Å². The molecule has 3 aromatic rings. The molecule has 4 rings (SSSR count). The number of thioether (sulfide) groups is 1. The molecule has 174 valence electrons. The van der Waals surface area contributed by atoms with Crippen molar-refractivity contribution in [2.75, 3.05) is 26.1 Å². The monoisotopic (exact) mass is 468 g/mol. The van der Waals surface area contributed by atoms with E-state index >= 15 is 0 Å². The van der Waals surface area contributed by atoms with Crippen LogP contribution in [0.2, 0.25) is 0 Å². The number of ether oxygens (including phenoxy) is 3. The largest absolute Gasteiger partial charge is 0.493 e. The molecule has 7 nitrogen and oxygen atoms in total. The number of rotatable bonds is 8. The molecule has 0 radical (unpaired) electrons. The van der Waals surface area contributed by atoms with Gasteiger partial charge >= 0.3 is 5.97 Å². The Morgan fingerprint density at radius 2 is 2.00 bits per heavy atom. The molecule has 0 bridgehead atoms. The van der Waals surface area contributed by atoms with E-state index in [1.165, 1.54) is 18.9 Å². The summed E-state index contributed by atoms with van der Waals surface area (Å²) < 4.78 is 18.2. The molecule has 2 heterocycles. The molecule has 0 spiro atoms. The zero-order valence-corrected chi connectivity index (χ0v) is 19.9. The van der Waals surface area contributed by atoms with Crippen LogP contribution in [0, 0.1) is 13.8 Å². The number of aryl methyl sites for hydroxylation is 2. The molecular weight excluding hydrogens is 440 g/mol. The number of hydrogen-bond donors (Lipinski definition) is 0. The van der Waals surface area contributed by atoms with Gasteiger partial charge in [-0.3, -0.25) is 9.36 Å². The third-order valence-corrected chi connectivity index (χ3v) is 6.47. The van der Waals surface area contributed by atoms with Gasteiger partial charge in [-0.25, -0.2) is 9.78 Å². The Hall–Kier alpha value is -2.84. The molecular formula is C25H28N2O5S. The quantitative estimate of drug-likeness (QED) is 0.213. The summed E-state index contributed by atoms with van der Waals surface area (Å²) in [5, 5.41) is 1.06. The first-order chi connectivity index (χ1) is 15.9. The summed E-state index contributed by atoms with van der Waals surface area (Å²) in [6.45, 7) is 5.74. The SMILES string of the molecule is COC(=O)c1ccc2c(=O)n(CC3CCCO3)c(SCCOc3cc(C)cc(C)c3)nc2c1. The standard InChI is InChI=1S/C25H28N2O5S/c1-16-11-17(2)13-20(12-16)32-9-10-33-25-26-22-14-18(24(29)30-3)6-7-21(22)23(28)27(25)15-19-5-4-8-31-19/h6-7,11-14,19H,4-5,8-10,15H2,1-3H3. The zero-order valence-electron chi connectivity index (χ0n) is 19.1. The highest BCUT2D eigenvalue weighted by Crippen LogP contribution is 2.23. The minimum Gasteiger partial charge on any atom is -0.493 e. The van der Waals surface area contributed by atoms with Gasteiger partial charge in [0.05, 0.1) is 42.8 Å². The van der Waals surface area contributed by atoms with E-state index in [1.807, 2.05) is 26.0 Å². The van der Waals surface area contributed by atoms with E-state index in [2.05, 4.69) is 6.07 Å². The normalized spacial score (nSPS) is 15.7. The second-order valence-corrected chi connectivity index (χ2v) is 9.25. The molecule has 2 aromatic carbocycles. The Bertz CT molecular complexity index is 1200. The first-order valence-corrected chi connectivity index (χ1v) is 12.0. The maximum absolute atomic E-state index is 13.3. The van der Waals surface area contributed by atoms with Crippen LogP contribution < -0.4 is 10.3 Å². The number of hydrogen-bond acceptors (Lipinski definition) is 7. The molecule has 33 heavy (non-hydrogen) atoms. The van der Waals surface area contributed by atoms with Crippen molar-refractivity contribution >= 4 is 28.6 Å². The van der Waals surface area contributed by atoms with Crippen LogP contribution in [-0.2, 0) is 16.0 Å². The number of nitrogens with zero attached hydrogens (tertiary/aromatic N) is 2. The van der Waals surface area contributed by atoms with Crippen LogP contribution in [-0.4, -0.2) is 47.7 Å². The highest BCUT2D eigenvalue weighted by atomic mass is 32.2. The summed E-state index contributed by atoms with van der Waals surface area (Å²) >= 11 is 1.46. The predicted molar refractivity (Wildman–Crippen MR) is 128 cm³/mol. The van der Waals surface area contributed by atoms with Gasteiger partial charge in [0.25, 0.3) is 5.56 Å². The molecule has 0 aliphatic carbocycles. The molecule has 0 N–H and O–H groups in total. The van der Waals surface area contributed by atoms with Gasteiger partial charge in [0.2, 0.25) is 0 Å². The van der Waals surface area contributed by atoms with Crippen LogP contribution in [0.3, 0.4) is 0 Å². The van der Waals surface area contributed by atoms with Crippen molar-refractivity contribution in [1.82, 2.24) is 9.55 Å². The van der Waals surface area contributed by atoms with Crippen molar-refractivity contribution < 1.29 is 19.0 Å². The van der Waals surface area contributed by atoms with Gasteiger partial charge in [-0.05, 0) is 68.1 Å². The molecule has 1 unspecified atom stereocenters. The highest BCUT2D eigenvalue weighted by Gasteiger charge is 2.21. The average Bonchev–Trinajstić information content (AvgIpc) is 3.31. The Labute approximate surface area is 197 Å². The molecule has 1 aromatic heterocycles. The van der Waals surface area contributed by atoms with Crippen molar-refractivity contribution in [1.29, 1.82) is 0 Å². The van der Waals surface area contributed by atoms with E-state index < -0.39 is 5.97 Å². The third-order valence-electron chi connectivity index (χ3n) is 5.53. The maximum atomic E-state index is 13.3. The lowest BCUT2D eigenvalue weighted by Gasteiger charge is -2.17. The van der Waals surface area contributed by atoms with Crippen molar-refractivity contribution in [2.45, 2.75) is 44.5 Å². The van der Waals surface area contributed by atoms with Crippen LogP contribution in [0.1, 0.15) is 34.3 Å². The summed E-state index contributed by atoms with van der Waals surface area (Å²) in [7, 11) is 1.33. The van der Waals surface area contributed by atoms with Crippen molar-refractivity contribution in [3.8, 4) is 5.75 Å². The lowest BCUT2D eigenvalue weighted by atomic mass is 10.1. The third kappa shape index (κ3) is 5.57. The van der Waals surface area contributed by atoms with Crippen LogP contribution in [0.25, 0.3) is 10.9 Å². The topological polar surface area (TPSA) is 79.7 Å². The molecule has 1 fully saturated rings. The fourth-order valence-corrected chi connectivity index (χ4v) is 4.84.